The zero-order chi connectivity index (χ0) is 24.5. The second-order valence-corrected chi connectivity index (χ2v) is 10.5. The monoisotopic (exact) mass is 488 g/mol. The molecule has 1 amide bonds. The van der Waals surface area contributed by atoms with Crippen molar-refractivity contribution in [2.24, 2.45) is 5.41 Å². The Labute approximate surface area is 210 Å². The molecule has 0 unspecified atom stereocenters. The number of H-pyrrole nitrogens is 1. The second kappa shape index (κ2) is 9.67. The lowest BCUT2D eigenvalue weighted by atomic mass is 9.49. The van der Waals surface area contributed by atoms with Crippen molar-refractivity contribution in [3.63, 3.8) is 0 Å². The van der Waals surface area contributed by atoms with Crippen LogP contribution in [0.3, 0.4) is 0 Å². The molecule has 1 aromatic heterocycles. The van der Waals surface area contributed by atoms with E-state index in [1.54, 1.807) is 0 Å². The fraction of sp³-hybridized carbons (Fsp3) is 0.464. The number of amides is 1. The summed E-state index contributed by atoms with van der Waals surface area (Å²) in [6.45, 7) is 4.88. The summed E-state index contributed by atoms with van der Waals surface area (Å²) in [5.74, 6) is 1.04. The number of carbonyl (C=O) groups is 1. The van der Waals surface area contributed by atoms with E-state index in [1.165, 1.54) is 0 Å². The zero-order valence-corrected chi connectivity index (χ0v) is 20.4. The van der Waals surface area contributed by atoms with Gasteiger partial charge in [0.1, 0.15) is 12.4 Å². The predicted molar refractivity (Wildman–Crippen MR) is 136 cm³/mol. The molecule has 3 aromatic rings. The number of fused-ring (bicyclic) bond motifs is 1. The number of benzene rings is 2. The number of rotatable bonds is 7. The summed E-state index contributed by atoms with van der Waals surface area (Å²) in [4.78, 5) is 27.3. The first-order valence-electron chi connectivity index (χ1n) is 12.9. The van der Waals surface area contributed by atoms with Gasteiger partial charge < -0.3 is 14.8 Å². The number of hydrogen-bond acceptors (Lipinski definition) is 6. The van der Waals surface area contributed by atoms with Crippen LogP contribution in [0.15, 0.2) is 53.3 Å². The van der Waals surface area contributed by atoms with Gasteiger partial charge in [-0.1, -0.05) is 24.3 Å². The molecule has 3 fully saturated rings. The van der Waals surface area contributed by atoms with Crippen molar-refractivity contribution >= 4 is 16.7 Å². The summed E-state index contributed by atoms with van der Waals surface area (Å²) in [5.41, 5.74) is 1.77. The van der Waals surface area contributed by atoms with Crippen LogP contribution in [0.2, 0.25) is 0 Å². The van der Waals surface area contributed by atoms with Gasteiger partial charge in [-0.3, -0.25) is 14.5 Å². The lowest BCUT2D eigenvalue weighted by molar-refractivity contribution is -0.0196. The minimum Gasteiger partial charge on any atom is -0.492 e. The maximum Gasteiger partial charge on any atom is 0.272 e. The third-order valence-corrected chi connectivity index (χ3v) is 8.04. The number of aromatic nitrogens is 2. The molecule has 1 saturated heterocycles. The Hall–Kier alpha value is -3.23. The summed E-state index contributed by atoms with van der Waals surface area (Å²) >= 11 is 0. The second-order valence-electron chi connectivity index (χ2n) is 10.5. The summed E-state index contributed by atoms with van der Waals surface area (Å²) in [7, 11) is 0. The largest absolute Gasteiger partial charge is 0.492 e. The smallest absolute Gasteiger partial charge is 0.272 e. The van der Waals surface area contributed by atoms with E-state index < -0.39 is 0 Å². The fourth-order valence-electron chi connectivity index (χ4n) is 6.16. The molecule has 36 heavy (non-hydrogen) atoms. The SMILES string of the molecule is O=C(N[C@H]1CC2(C1)C[C@H](c1n[nH]c(=O)c3ccccc31)C2)c1cccc(OCCN2CCOCC2)c1. The minimum absolute atomic E-state index is 0.0438. The first kappa shape index (κ1) is 23.2. The highest BCUT2D eigenvalue weighted by molar-refractivity contribution is 5.94. The van der Waals surface area contributed by atoms with Gasteiger partial charge in [0.25, 0.3) is 11.5 Å². The highest BCUT2D eigenvalue weighted by Gasteiger charge is 2.54. The van der Waals surface area contributed by atoms with Crippen molar-refractivity contribution < 1.29 is 14.3 Å². The maximum atomic E-state index is 12.9. The summed E-state index contributed by atoms with van der Waals surface area (Å²) in [6, 6.07) is 15.3. The Kier molecular flexibility index (Phi) is 6.23. The van der Waals surface area contributed by atoms with Gasteiger partial charge in [0.05, 0.1) is 24.3 Å². The van der Waals surface area contributed by atoms with Crippen molar-refractivity contribution in [1.29, 1.82) is 0 Å². The third kappa shape index (κ3) is 4.63. The first-order valence-corrected chi connectivity index (χ1v) is 12.9. The van der Waals surface area contributed by atoms with E-state index >= 15 is 0 Å². The summed E-state index contributed by atoms with van der Waals surface area (Å²) in [5, 5.41) is 11.9. The molecule has 1 spiro atoms. The van der Waals surface area contributed by atoms with Crippen LogP contribution in [-0.4, -0.2) is 66.5 Å². The Morgan fingerprint density at radius 3 is 2.67 bits per heavy atom. The molecule has 188 valence electrons. The normalized spacial score (nSPS) is 25.8. The number of carbonyl (C=O) groups excluding carboxylic acids is 1. The van der Waals surface area contributed by atoms with Crippen LogP contribution in [0.5, 0.6) is 5.75 Å². The zero-order valence-electron chi connectivity index (χ0n) is 20.4. The highest BCUT2D eigenvalue weighted by Crippen LogP contribution is 2.62. The van der Waals surface area contributed by atoms with Gasteiger partial charge in [-0.25, -0.2) is 5.10 Å². The van der Waals surface area contributed by atoms with Crippen molar-refractivity contribution in [3.8, 4) is 5.75 Å². The lowest BCUT2D eigenvalue weighted by Gasteiger charge is -2.57. The molecule has 2 saturated carbocycles. The average Bonchev–Trinajstić information content (AvgIpc) is 2.86. The number of nitrogens with zero attached hydrogens (tertiary/aromatic N) is 2. The minimum atomic E-state index is -0.138. The van der Waals surface area contributed by atoms with Crippen molar-refractivity contribution in [2.45, 2.75) is 37.6 Å². The van der Waals surface area contributed by atoms with Gasteiger partial charge >= 0.3 is 0 Å². The third-order valence-electron chi connectivity index (χ3n) is 8.04. The Balaban J connectivity index is 0.991. The standard InChI is InChI=1S/C28H32N4O4/c33-26(19-4-3-5-22(14-19)36-13-10-32-8-11-35-12-9-32)29-21-17-28(18-21)15-20(16-28)25-23-6-1-2-7-24(23)27(34)31-30-25/h1-7,14,20-21H,8-13,15-18H2,(H,29,33)(H,31,34)/t20-,21-,28?. The number of hydrogen-bond donors (Lipinski definition) is 2. The molecular formula is C28H32N4O4. The number of ether oxygens (including phenoxy) is 2. The van der Waals surface area contributed by atoms with Crippen molar-refractivity contribution in [1.82, 2.24) is 20.4 Å². The lowest BCUT2D eigenvalue weighted by Crippen LogP contribution is -2.55. The van der Waals surface area contributed by atoms with Crippen LogP contribution in [-0.2, 0) is 4.74 Å². The molecule has 6 rings (SSSR count). The van der Waals surface area contributed by atoms with Gasteiger partial charge in [0.2, 0.25) is 0 Å². The van der Waals surface area contributed by atoms with Crippen molar-refractivity contribution in [3.05, 3.63) is 70.1 Å². The maximum absolute atomic E-state index is 12.9. The Bertz CT molecular complexity index is 1300. The molecular weight excluding hydrogens is 456 g/mol. The molecule has 0 bridgehead atoms. The van der Waals surface area contributed by atoms with Crippen molar-refractivity contribution in [2.75, 3.05) is 39.5 Å². The van der Waals surface area contributed by atoms with E-state index in [1.807, 2.05) is 48.5 Å². The van der Waals surface area contributed by atoms with E-state index in [2.05, 4.69) is 20.4 Å². The van der Waals surface area contributed by atoms with Gasteiger partial charge in [0.15, 0.2) is 0 Å². The van der Waals surface area contributed by atoms with E-state index in [0.29, 0.717) is 23.5 Å². The van der Waals surface area contributed by atoms with E-state index in [9.17, 15) is 9.59 Å². The highest BCUT2D eigenvalue weighted by atomic mass is 16.5. The fourth-order valence-corrected chi connectivity index (χ4v) is 6.16. The van der Waals surface area contributed by atoms with Crippen LogP contribution in [0.1, 0.15) is 47.7 Å². The van der Waals surface area contributed by atoms with Crippen LogP contribution in [0.25, 0.3) is 10.8 Å². The molecule has 2 aromatic carbocycles. The van der Waals surface area contributed by atoms with Crippen LogP contribution in [0.4, 0.5) is 0 Å². The Morgan fingerprint density at radius 1 is 1.08 bits per heavy atom. The van der Waals surface area contributed by atoms with E-state index in [4.69, 9.17) is 9.47 Å². The molecule has 8 heteroatoms. The first-order chi connectivity index (χ1) is 17.6. The molecule has 8 nitrogen and oxygen atoms in total. The molecule has 2 aliphatic carbocycles. The molecule has 0 radical (unpaired) electrons. The summed E-state index contributed by atoms with van der Waals surface area (Å²) in [6.07, 6.45) is 4.09. The quantitative estimate of drug-likeness (QED) is 0.531. The molecule has 2 N–H and O–H groups in total. The Morgan fingerprint density at radius 2 is 1.86 bits per heavy atom. The molecule has 2 heterocycles. The predicted octanol–water partition coefficient (Wildman–Crippen LogP) is 3.09. The molecule has 0 atom stereocenters. The van der Waals surface area contributed by atoms with Crippen LogP contribution < -0.4 is 15.6 Å². The summed E-state index contributed by atoms with van der Waals surface area (Å²) < 4.78 is 11.3. The number of aromatic amines is 1. The average molecular weight is 489 g/mol. The number of nitrogens with one attached hydrogen (secondary N) is 2. The van der Waals surface area contributed by atoms with Crippen LogP contribution >= 0.6 is 0 Å². The van der Waals surface area contributed by atoms with Gasteiger partial charge in [0, 0.05) is 42.5 Å². The van der Waals surface area contributed by atoms with E-state index in [-0.39, 0.29) is 22.9 Å². The van der Waals surface area contributed by atoms with E-state index in [0.717, 1.165) is 75.4 Å². The van der Waals surface area contributed by atoms with Gasteiger partial charge in [-0.05, 0) is 55.4 Å². The van der Waals surface area contributed by atoms with Gasteiger partial charge in [-0.15, -0.1) is 0 Å². The van der Waals surface area contributed by atoms with Gasteiger partial charge in [-0.2, -0.15) is 5.10 Å². The van der Waals surface area contributed by atoms with Crippen LogP contribution in [0, 0.1) is 5.41 Å². The topological polar surface area (TPSA) is 96.5 Å². The molecule has 1 aliphatic heterocycles. The number of morpholine rings is 1. The molecule has 3 aliphatic rings.